The molecule has 5 nitrogen and oxygen atoms in total. The Bertz CT molecular complexity index is 1310. The van der Waals surface area contributed by atoms with Gasteiger partial charge < -0.3 is 18.6 Å². The van der Waals surface area contributed by atoms with E-state index in [0.717, 1.165) is 48.5 Å². The normalized spacial score (nSPS) is 13.7. The molecular weight excluding hydrogens is 421 g/mol. The van der Waals surface area contributed by atoms with Crippen molar-refractivity contribution < 1.29 is 23.0 Å². The van der Waals surface area contributed by atoms with Gasteiger partial charge in [-0.1, -0.05) is 12.1 Å². The van der Waals surface area contributed by atoms with Crippen LogP contribution in [-0.2, 0) is 19.5 Å². The molecule has 0 aliphatic carbocycles. The monoisotopic (exact) mass is 447 g/mol. The lowest BCUT2D eigenvalue weighted by Gasteiger charge is -2.29. The molecule has 0 amide bonds. The molecule has 0 saturated heterocycles. The Hall–Kier alpha value is -3.51. The van der Waals surface area contributed by atoms with E-state index >= 15 is 0 Å². The van der Waals surface area contributed by atoms with Crippen LogP contribution in [0.5, 0.6) is 17.2 Å². The minimum absolute atomic E-state index is 0.291. The molecule has 6 heteroatoms. The Balaban J connectivity index is 1.42. The standard InChI is InChI=1S/C27H26FNO4/c1-30-24-12-18-7-8-29(16-21(18)14-25(24)31-2)15-17-9-20-13-23(19-5-4-6-22(28)11-19)33-27(20)26(10-17)32-3/h4-6,9-14H,7-8,15-16H2,1-3H3. The fraction of sp³-hybridized carbons (Fsp3) is 0.259. The van der Waals surface area contributed by atoms with Crippen LogP contribution in [0.2, 0.25) is 0 Å². The van der Waals surface area contributed by atoms with Crippen LogP contribution in [0, 0.1) is 5.82 Å². The third-order valence-corrected chi connectivity index (χ3v) is 6.17. The van der Waals surface area contributed by atoms with E-state index < -0.39 is 0 Å². The number of methoxy groups -OCH3 is 3. The van der Waals surface area contributed by atoms with Gasteiger partial charge in [0.1, 0.15) is 11.6 Å². The molecule has 1 aliphatic heterocycles. The number of furan rings is 1. The van der Waals surface area contributed by atoms with Gasteiger partial charge in [-0.15, -0.1) is 0 Å². The van der Waals surface area contributed by atoms with Crippen molar-refractivity contribution in [2.75, 3.05) is 27.9 Å². The van der Waals surface area contributed by atoms with Gasteiger partial charge in [-0.2, -0.15) is 0 Å². The lowest BCUT2D eigenvalue weighted by Crippen LogP contribution is -2.30. The predicted molar refractivity (Wildman–Crippen MR) is 126 cm³/mol. The lowest BCUT2D eigenvalue weighted by molar-refractivity contribution is 0.244. The van der Waals surface area contributed by atoms with E-state index in [1.807, 2.05) is 18.2 Å². The molecular formula is C27H26FNO4. The highest BCUT2D eigenvalue weighted by Gasteiger charge is 2.21. The van der Waals surface area contributed by atoms with E-state index in [1.165, 1.54) is 23.3 Å². The minimum atomic E-state index is -0.291. The first-order chi connectivity index (χ1) is 16.1. The van der Waals surface area contributed by atoms with Crippen molar-refractivity contribution in [1.82, 2.24) is 4.90 Å². The number of halogens is 1. The molecule has 0 unspecified atom stereocenters. The fourth-order valence-corrected chi connectivity index (χ4v) is 4.54. The number of fused-ring (bicyclic) bond motifs is 2. The van der Waals surface area contributed by atoms with Crippen LogP contribution < -0.4 is 14.2 Å². The van der Waals surface area contributed by atoms with Crippen molar-refractivity contribution in [2.24, 2.45) is 0 Å². The fourth-order valence-electron chi connectivity index (χ4n) is 4.54. The second-order valence-electron chi connectivity index (χ2n) is 8.27. The number of benzene rings is 3. The van der Waals surface area contributed by atoms with Crippen LogP contribution >= 0.6 is 0 Å². The van der Waals surface area contributed by atoms with Crippen molar-refractivity contribution in [3.63, 3.8) is 0 Å². The van der Waals surface area contributed by atoms with Crippen LogP contribution in [0.4, 0.5) is 4.39 Å². The van der Waals surface area contributed by atoms with E-state index in [1.54, 1.807) is 27.4 Å². The lowest BCUT2D eigenvalue weighted by atomic mass is 9.98. The second-order valence-corrected chi connectivity index (χ2v) is 8.27. The van der Waals surface area contributed by atoms with Crippen LogP contribution in [0.15, 0.2) is 59.0 Å². The predicted octanol–water partition coefficient (Wildman–Crippen LogP) is 5.82. The van der Waals surface area contributed by atoms with E-state index in [9.17, 15) is 4.39 Å². The summed E-state index contributed by atoms with van der Waals surface area (Å²) in [5, 5.41) is 0.937. The summed E-state index contributed by atoms with van der Waals surface area (Å²) in [6.07, 6.45) is 0.949. The van der Waals surface area contributed by atoms with Crippen LogP contribution in [-0.4, -0.2) is 32.8 Å². The first kappa shape index (κ1) is 21.3. The zero-order chi connectivity index (χ0) is 22.9. The quantitative estimate of drug-likeness (QED) is 0.373. The Kier molecular flexibility index (Phi) is 5.68. The van der Waals surface area contributed by atoms with Gasteiger partial charge in [0, 0.05) is 30.6 Å². The largest absolute Gasteiger partial charge is 0.493 e. The molecule has 5 rings (SSSR count). The van der Waals surface area contributed by atoms with Gasteiger partial charge in [0.2, 0.25) is 0 Å². The molecule has 1 aliphatic rings. The highest BCUT2D eigenvalue weighted by molar-refractivity contribution is 5.88. The highest BCUT2D eigenvalue weighted by Crippen LogP contribution is 2.36. The molecule has 2 heterocycles. The summed E-state index contributed by atoms with van der Waals surface area (Å²) in [6, 6.07) is 16.7. The van der Waals surface area contributed by atoms with Gasteiger partial charge in [0.25, 0.3) is 0 Å². The van der Waals surface area contributed by atoms with Crippen molar-refractivity contribution in [3.05, 3.63) is 77.1 Å². The molecule has 170 valence electrons. The Morgan fingerprint density at radius 2 is 1.64 bits per heavy atom. The number of rotatable bonds is 6. The molecule has 0 saturated carbocycles. The van der Waals surface area contributed by atoms with E-state index in [0.29, 0.717) is 22.7 Å². The molecule has 0 spiro atoms. The van der Waals surface area contributed by atoms with E-state index in [-0.39, 0.29) is 5.82 Å². The van der Waals surface area contributed by atoms with E-state index in [2.05, 4.69) is 23.1 Å². The molecule has 0 atom stereocenters. The van der Waals surface area contributed by atoms with Crippen molar-refractivity contribution in [1.29, 1.82) is 0 Å². The van der Waals surface area contributed by atoms with Crippen molar-refractivity contribution in [2.45, 2.75) is 19.5 Å². The molecule has 33 heavy (non-hydrogen) atoms. The maximum absolute atomic E-state index is 13.7. The number of ether oxygens (including phenoxy) is 3. The maximum atomic E-state index is 13.7. The summed E-state index contributed by atoms with van der Waals surface area (Å²) in [5.41, 5.74) is 5.05. The summed E-state index contributed by atoms with van der Waals surface area (Å²) in [5.74, 6) is 2.53. The summed E-state index contributed by atoms with van der Waals surface area (Å²) in [4.78, 5) is 2.41. The zero-order valence-electron chi connectivity index (χ0n) is 19.0. The third-order valence-electron chi connectivity index (χ3n) is 6.17. The molecule has 3 aromatic carbocycles. The van der Waals surface area contributed by atoms with Gasteiger partial charge in [0.15, 0.2) is 22.8 Å². The van der Waals surface area contributed by atoms with Gasteiger partial charge in [0.05, 0.1) is 21.3 Å². The van der Waals surface area contributed by atoms with E-state index in [4.69, 9.17) is 18.6 Å². The Morgan fingerprint density at radius 1 is 0.879 bits per heavy atom. The molecule has 4 aromatic rings. The molecule has 1 aromatic heterocycles. The van der Waals surface area contributed by atoms with Crippen LogP contribution in [0.1, 0.15) is 16.7 Å². The SMILES string of the molecule is COc1cc2c(cc1OC)CN(Cc1cc(OC)c3oc(-c4cccc(F)c4)cc3c1)CC2. The molecule has 0 fully saturated rings. The van der Waals surface area contributed by atoms with Gasteiger partial charge >= 0.3 is 0 Å². The van der Waals surface area contributed by atoms with Crippen LogP contribution in [0.3, 0.4) is 0 Å². The molecule has 0 radical (unpaired) electrons. The smallest absolute Gasteiger partial charge is 0.176 e. The van der Waals surface area contributed by atoms with Gasteiger partial charge in [-0.3, -0.25) is 4.90 Å². The summed E-state index contributed by atoms with van der Waals surface area (Å²) in [7, 11) is 4.97. The minimum Gasteiger partial charge on any atom is -0.493 e. The van der Waals surface area contributed by atoms with Gasteiger partial charge in [-0.25, -0.2) is 4.39 Å². The first-order valence-corrected chi connectivity index (χ1v) is 10.9. The average molecular weight is 448 g/mol. The highest BCUT2D eigenvalue weighted by atomic mass is 19.1. The molecule has 0 N–H and O–H groups in total. The summed E-state index contributed by atoms with van der Waals surface area (Å²) in [6.45, 7) is 2.55. The number of hydrogen-bond acceptors (Lipinski definition) is 5. The Morgan fingerprint density at radius 3 is 2.36 bits per heavy atom. The number of hydrogen-bond donors (Lipinski definition) is 0. The topological polar surface area (TPSA) is 44.1 Å². The first-order valence-electron chi connectivity index (χ1n) is 10.9. The summed E-state index contributed by atoms with van der Waals surface area (Å²) < 4.78 is 36.3. The Labute approximate surface area is 192 Å². The average Bonchev–Trinajstić information content (AvgIpc) is 3.27. The zero-order valence-corrected chi connectivity index (χ0v) is 19.0. The summed E-state index contributed by atoms with van der Waals surface area (Å²) >= 11 is 0. The van der Waals surface area contributed by atoms with Gasteiger partial charge in [-0.05, 0) is 65.6 Å². The molecule has 0 bridgehead atoms. The number of nitrogens with zero attached hydrogens (tertiary/aromatic N) is 1. The third kappa shape index (κ3) is 4.14. The van der Waals surface area contributed by atoms with Crippen molar-refractivity contribution in [3.8, 4) is 28.6 Å². The van der Waals surface area contributed by atoms with Crippen molar-refractivity contribution >= 4 is 11.0 Å². The second kappa shape index (κ2) is 8.79. The van der Waals surface area contributed by atoms with Crippen LogP contribution in [0.25, 0.3) is 22.3 Å². The maximum Gasteiger partial charge on any atom is 0.176 e.